The van der Waals surface area contributed by atoms with Crippen molar-refractivity contribution in [1.29, 1.82) is 0 Å². The smallest absolute Gasteiger partial charge is 0.00489 e. The summed E-state index contributed by atoms with van der Waals surface area (Å²) in [6.07, 6.45) is 5.65. The highest BCUT2D eigenvalue weighted by molar-refractivity contribution is 4.54. The van der Waals surface area contributed by atoms with Gasteiger partial charge in [-0.25, -0.2) is 0 Å². The molecule has 1 fully saturated rings. The van der Waals surface area contributed by atoms with Crippen molar-refractivity contribution >= 4 is 0 Å². The van der Waals surface area contributed by atoms with E-state index < -0.39 is 0 Å². The van der Waals surface area contributed by atoms with Crippen molar-refractivity contribution in [3.8, 4) is 0 Å². The van der Waals surface area contributed by atoms with E-state index in [4.69, 9.17) is 0 Å². The molecule has 0 bridgehead atoms. The van der Waals surface area contributed by atoms with Gasteiger partial charge in [-0.05, 0) is 25.9 Å². The molecule has 2 heteroatoms. The van der Waals surface area contributed by atoms with E-state index in [9.17, 15) is 0 Å². The first-order valence-corrected chi connectivity index (χ1v) is 3.21. The summed E-state index contributed by atoms with van der Waals surface area (Å²) in [5, 5.41) is 3.35. The van der Waals surface area contributed by atoms with Gasteiger partial charge in [0.1, 0.15) is 0 Å². The minimum absolute atomic E-state index is 0. The van der Waals surface area contributed by atoms with Crippen LogP contribution in [0.15, 0.2) is 0 Å². The summed E-state index contributed by atoms with van der Waals surface area (Å²) >= 11 is 0. The lowest BCUT2D eigenvalue weighted by Crippen LogP contribution is -2.12. The van der Waals surface area contributed by atoms with Crippen LogP contribution >= 0.6 is 0 Å². The molecule has 0 radical (unpaired) electrons. The SMILES string of the molecule is C1CCCNCC1.[NH4+]. The maximum atomic E-state index is 3.35. The van der Waals surface area contributed by atoms with Crippen LogP contribution in [0.1, 0.15) is 25.7 Å². The molecule has 0 amide bonds. The highest BCUT2D eigenvalue weighted by Crippen LogP contribution is 2.00. The quantitative estimate of drug-likeness (QED) is 0.496. The normalized spacial score (nSPS) is 21.0. The monoisotopic (exact) mass is 117 g/mol. The van der Waals surface area contributed by atoms with Gasteiger partial charge in [-0.15, -0.1) is 0 Å². The van der Waals surface area contributed by atoms with Crippen molar-refractivity contribution in [2.75, 3.05) is 13.1 Å². The molecule has 0 unspecified atom stereocenters. The van der Waals surface area contributed by atoms with E-state index in [1.807, 2.05) is 0 Å². The largest absolute Gasteiger partial charge is 0.369 e. The Kier molecular flexibility index (Phi) is 5.01. The lowest BCUT2D eigenvalue weighted by atomic mass is 10.2. The topological polar surface area (TPSA) is 48.5 Å². The minimum atomic E-state index is 0. The van der Waals surface area contributed by atoms with Crippen LogP contribution in [0.3, 0.4) is 0 Å². The average molecular weight is 117 g/mol. The molecule has 5 N–H and O–H groups in total. The third-order valence-corrected chi connectivity index (χ3v) is 1.46. The fourth-order valence-corrected chi connectivity index (χ4v) is 0.979. The van der Waals surface area contributed by atoms with Gasteiger partial charge in [-0.2, -0.15) is 0 Å². The molecule has 1 saturated heterocycles. The number of hydrogen-bond donors (Lipinski definition) is 2. The molecule has 1 rings (SSSR count). The Morgan fingerprint density at radius 1 is 0.750 bits per heavy atom. The van der Waals surface area contributed by atoms with Crippen molar-refractivity contribution in [3.63, 3.8) is 0 Å². The number of nitrogens with one attached hydrogen (secondary N) is 1. The zero-order valence-corrected chi connectivity index (χ0v) is 5.74. The molecule has 1 aliphatic rings. The Morgan fingerprint density at radius 3 is 1.75 bits per heavy atom. The Morgan fingerprint density at radius 2 is 1.25 bits per heavy atom. The second kappa shape index (κ2) is 5.06. The predicted molar refractivity (Wildman–Crippen MR) is 37.3 cm³/mol. The molecular formula is C6H17N2+. The summed E-state index contributed by atoms with van der Waals surface area (Å²) in [6, 6.07) is 0. The molecule has 0 aliphatic carbocycles. The first-order valence-electron chi connectivity index (χ1n) is 3.21. The fraction of sp³-hybridized carbons (Fsp3) is 1.00. The molecule has 50 valence electrons. The van der Waals surface area contributed by atoms with Gasteiger partial charge in [0.15, 0.2) is 0 Å². The number of hydrogen-bond acceptors (Lipinski definition) is 1. The van der Waals surface area contributed by atoms with E-state index in [-0.39, 0.29) is 6.15 Å². The van der Waals surface area contributed by atoms with Crippen LogP contribution in [0.4, 0.5) is 0 Å². The number of quaternary nitrogens is 1. The zero-order valence-electron chi connectivity index (χ0n) is 5.74. The fourth-order valence-electron chi connectivity index (χ4n) is 0.979. The van der Waals surface area contributed by atoms with Gasteiger partial charge in [0.2, 0.25) is 0 Å². The van der Waals surface area contributed by atoms with Gasteiger partial charge in [0.25, 0.3) is 0 Å². The molecule has 0 aromatic heterocycles. The van der Waals surface area contributed by atoms with Crippen molar-refractivity contribution in [2.45, 2.75) is 25.7 Å². The Hall–Kier alpha value is -0.0800. The van der Waals surface area contributed by atoms with Crippen molar-refractivity contribution in [3.05, 3.63) is 0 Å². The van der Waals surface area contributed by atoms with Gasteiger partial charge in [0.05, 0.1) is 0 Å². The summed E-state index contributed by atoms with van der Waals surface area (Å²) in [5.41, 5.74) is 0. The highest BCUT2D eigenvalue weighted by atomic mass is 14.8. The van der Waals surface area contributed by atoms with Crippen LogP contribution in [-0.2, 0) is 0 Å². The first kappa shape index (κ1) is 7.92. The van der Waals surface area contributed by atoms with Crippen LogP contribution in [0.2, 0.25) is 0 Å². The average Bonchev–Trinajstić information content (AvgIpc) is 1.90. The number of rotatable bonds is 0. The van der Waals surface area contributed by atoms with Gasteiger partial charge in [-0.3, -0.25) is 0 Å². The summed E-state index contributed by atoms with van der Waals surface area (Å²) < 4.78 is 0. The lowest BCUT2D eigenvalue weighted by Gasteiger charge is -1.91. The second-order valence-corrected chi connectivity index (χ2v) is 2.16. The molecule has 0 atom stereocenters. The summed E-state index contributed by atoms with van der Waals surface area (Å²) in [7, 11) is 0. The third kappa shape index (κ3) is 2.99. The summed E-state index contributed by atoms with van der Waals surface area (Å²) in [4.78, 5) is 0. The molecule has 8 heavy (non-hydrogen) atoms. The van der Waals surface area contributed by atoms with Crippen LogP contribution in [0, 0.1) is 0 Å². The zero-order chi connectivity index (χ0) is 4.95. The molecule has 0 aromatic rings. The first-order chi connectivity index (χ1) is 3.50. The van der Waals surface area contributed by atoms with Crippen molar-refractivity contribution < 1.29 is 0 Å². The molecule has 1 aliphatic heterocycles. The standard InChI is InChI=1S/C6H13N.H3N/c1-2-4-6-7-5-3-1;/h7H,1-6H2;1H3/p+1. The molecule has 0 saturated carbocycles. The summed E-state index contributed by atoms with van der Waals surface area (Å²) in [6.45, 7) is 2.50. The van der Waals surface area contributed by atoms with Gasteiger partial charge in [-0.1, -0.05) is 12.8 Å². The van der Waals surface area contributed by atoms with Gasteiger partial charge < -0.3 is 11.5 Å². The van der Waals surface area contributed by atoms with Crippen LogP contribution in [0.5, 0.6) is 0 Å². The van der Waals surface area contributed by atoms with Gasteiger partial charge >= 0.3 is 0 Å². The Bertz CT molecular complexity index is 26.1. The molecular weight excluding hydrogens is 100 g/mol. The Balaban J connectivity index is 0.000000490. The van der Waals surface area contributed by atoms with Crippen molar-refractivity contribution in [2.24, 2.45) is 0 Å². The highest BCUT2D eigenvalue weighted by Gasteiger charge is 1.94. The second-order valence-electron chi connectivity index (χ2n) is 2.16. The maximum absolute atomic E-state index is 3.35. The third-order valence-electron chi connectivity index (χ3n) is 1.46. The van der Waals surface area contributed by atoms with Crippen LogP contribution in [0.25, 0.3) is 0 Å². The van der Waals surface area contributed by atoms with Gasteiger partial charge in [0, 0.05) is 0 Å². The van der Waals surface area contributed by atoms with E-state index >= 15 is 0 Å². The predicted octanol–water partition coefficient (Wildman–Crippen LogP) is 1.53. The maximum Gasteiger partial charge on any atom is -0.00489 e. The van der Waals surface area contributed by atoms with E-state index in [1.54, 1.807) is 0 Å². The van der Waals surface area contributed by atoms with Crippen LogP contribution < -0.4 is 11.5 Å². The molecule has 0 aromatic carbocycles. The minimum Gasteiger partial charge on any atom is -0.369 e. The van der Waals surface area contributed by atoms with Crippen LogP contribution in [-0.4, -0.2) is 13.1 Å². The van der Waals surface area contributed by atoms with E-state index in [0.29, 0.717) is 0 Å². The van der Waals surface area contributed by atoms with E-state index in [1.165, 1.54) is 38.8 Å². The van der Waals surface area contributed by atoms with Crippen molar-refractivity contribution in [1.82, 2.24) is 11.5 Å². The lowest BCUT2D eigenvalue weighted by molar-refractivity contribution is 0.702. The molecule has 2 nitrogen and oxygen atoms in total. The van der Waals surface area contributed by atoms with E-state index in [2.05, 4.69) is 5.32 Å². The van der Waals surface area contributed by atoms with E-state index in [0.717, 1.165) is 0 Å². The molecule has 0 spiro atoms. The summed E-state index contributed by atoms with van der Waals surface area (Å²) in [5.74, 6) is 0. The molecule has 1 heterocycles. The Labute approximate surface area is 51.2 Å².